The van der Waals surface area contributed by atoms with E-state index in [4.69, 9.17) is 0 Å². The molecule has 2 aromatic carbocycles. The van der Waals surface area contributed by atoms with Crippen LogP contribution in [0.5, 0.6) is 0 Å². The van der Waals surface area contributed by atoms with Crippen LogP contribution in [0.15, 0.2) is 66.1 Å². The van der Waals surface area contributed by atoms with Crippen LogP contribution >= 0.6 is 11.8 Å². The first-order valence-corrected chi connectivity index (χ1v) is 10.2. The number of amides is 2. The van der Waals surface area contributed by atoms with Gasteiger partial charge in [-0.05, 0) is 42.5 Å². The molecule has 0 radical (unpaired) electrons. The van der Waals surface area contributed by atoms with Crippen molar-refractivity contribution in [2.75, 3.05) is 12.3 Å². The Morgan fingerprint density at radius 2 is 1.93 bits per heavy atom. The molecule has 0 unspecified atom stereocenters. The van der Waals surface area contributed by atoms with Gasteiger partial charge in [-0.25, -0.2) is 0 Å². The van der Waals surface area contributed by atoms with Gasteiger partial charge >= 0.3 is 0 Å². The number of carbonyl (C=O) groups excluding carboxylic acids is 2. The molecular weight excluding hydrogens is 356 g/mol. The minimum absolute atomic E-state index is 0.0111. The number of hydrogen-bond acceptors (Lipinski definition) is 3. The number of thioether (sulfide) groups is 1. The Hall–Kier alpha value is -2.53. The average Bonchev–Trinajstić information content (AvgIpc) is 2.71. The van der Waals surface area contributed by atoms with Gasteiger partial charge in [-0.2, -0.15) is 0 Å². The quantitative estimate of drug-likeness (QED) is 0.566. The second-order valence-electron chi connectivity index (χ2n) is 6.49. The van der Waals surface area contributed by atoms with E-state index in [-0.39, 0.29) is 23.6 Å². The molecule has 2 N–H and O–H groups in total. The standard InChI is InChI=1S/C22H24N2O2S/c1-2-14-23-22(26)18-11-5-6-13-20(18)27-15-21(25)24-19-12-7-9-16-8-3-4-10-17(16)19/h2-6,8,10-11,13,19H,1,7,9,12,14-15H2,(H,23,26)(H,24,25)/t19-/m1/s1. The van der Waals surface area contributed by atoms with Crippen molar-refractivity contribution in [3.05, 3.63) is 77.9 Å². The molecule has 140 valence electrons. The molecule has 1 atom stereocenters. The largest absolute Gasteiger partial charge is 0.349 e. The molecule has 0 spiro atoms. The molecule has 5 heteroatoms. The molecule has 2 aromatic rings. The molecule has 0 aliphatic heterocycles. The zero-order chi connectivity index (χ0) is 19.1. The predicted octanol–water partition coefficient (Wildman–Crippen LogP) is 3.89. The molecule has 27 heavy (non-hydrogen) atoms. The summed E-state index contributed by atoms with van der Waals surface area (Å²) in [4.78, 5) is 25.6. The van der Waals surface area contributed by atoms with E-state index < -0.39 is 0 Å². The van der Waals surface area contributed by atoms with Crippen molar-refractivity contribution in [3.63, 3.8) is 0 Å². The van der Waals surface area contributed by atoms with Gasteiger partial charge < -0.3 is 10.6 Å². The summed E-state index contributed by atoms with van der Waals surface area (Å²) >= 11 is 1.39. The van der Waals surface area contributed by atoms with Crippen molar-refractivity contribution in [2.45, 2.75) is 30.2 Å². The van der Waals surface area contributed by atoms with Gasteiger partial charge in [0.05, 0.1) is 17.4 Å². The van der Waals surface area contributed by atoms with Crippen molar-refractivity contribution < 1.29 is 9.59 Å². The Morgan fingerprint density at radius 1 is 1.15 bits per heavy atom. The van der Waals surface area contributed by atoms with Gasteiger partial charge in [0.15, 0.2) is 0 Å². The fourth-order valence-electron chi connectivity index (χ4n) is 3.32. The maximum Gasteiger partial charge on any atom is 0.252 e. The first-order valence-electron chi connectivity index (χ1n) is 9.17. The van der Waals surface area contributed by atoms with E-state index in [0.29, 0.717) is 12.1 Å². The summed E-state index contributed by atoms with van der Waals surface area (Å²) in [6.45, 7) is 4.02. The highest BCUT2D eigenvalue weighted by molar-refractivity contribution is 8.00. The van der Waals surface area contributed by atoms with Crippen LogP contribution in [-0.4, -0.2) is 24.1 Å². The third-order valence-corrected chi connectivity index (χ3v) is 5.68. The highest BCUT2D eigenvalue weighted by atomic mass is 32.2. The summed E-state index contributed by atoms with van der Waals surface area (Å²) < 4.78 is 0. The SMILES string of the molecule is C=CCNC(=O)c1ccccc1SCC(=O)N[C@@H]1CCCc2ccccc21. The van der Waals surface area contributed by atoms with Crippen LogP contribution < -0.4 is 10.6 Å². The van der Waals surface area contributed by atoms with Crippen LogP contribution in [0.3, 0.4) is 0 Å². The molecule has 2 amide bonds. The molecular formula is C22H24N2O2S. The summed E-state index contributed by atoms with van der Waals surface area (Å²) in [6, 6.07) is 15.7. The van der Waals surface area contributed by atoms with Crippen molar-refractivity contribution >= 4 is 23.6 Å². The van der Waals surface area contributed by atoms with E-state index in [9.17, 15) is 9.59 Å². The fourth-order valence-corrected chi connectivity index (χ4v) is 4.18. The van der Waals surface area contributed by atoms with E-state index >= 15 is 0 Å². The van der Waals surface area contributed by atoms with Gasteiger partial charge in [0.1, 0.15) is 0 Å². The summed E-state index contributed by atoms with van der Waals surface area (Å²) in [6.07, 6.45) is 4.77. The average molecular weight is 381 g/mol. The van der Waals surface area contributed by atoms with Crippen molar-refractivity contribution in [3.8, 4) is 0 Å². The fraction of sp³-hybridized carbons (Fsp3) is 0.273. The number of aryl methyl sites for hydroxylation is 1. The smallest absolute Gasteiger partial charge is 0.252 e. The molecule has 1 aliphatic rings. The van der Waals surface area contributed by atoms with Crippen LogP contribution in [0.4, 0.5) is 0 Å². The second-order valence-corrected chi connectivity index (χ2v) is 7.51. The number of benzene rings is 2. The molecule has 0 aromatic heterocycles. The molecule has 0 saturated heterocycles. The maximum absolute atomic E-state index is 12.5. The topological polar surface area (TPSA) is 58.2 Å². The van der Waals surface area contributed by atoms with Crippen molar-refractivity contribution in [1.29, 1.82) is 0 Å². The van der Waals surface area contributed by atoms with Crippen LogP contribution in [0.25, 0.3) is 0 Å². The summed E-state index contributed by atoms with van der Waals surface area (Å²) in [7, 11) is 0. The van der Waals surface area contributed by atoms with Crippen LogP contribution in [0.1, 0.15) is 40.4 Å². The summed E-state index contributed by atoms with van der Waals surface area (Å²) in [5.74, 6) is 0.118. The van der Waals surface area contributed by atoms with Gasteiger partial charge in [0, 0.05) is 11.4 Å². The lowest BCUT2D eigenvalue weighted by Crippen LogP contribution is -2.32. The zero-order valence-corrected chi connectivity index (χ0v) is 16.1. The van der Waals surface area contributed by atoms with Crippen LogP contribution in [0.2, 0.25) is 0 Å². The van der Waals surface area contributed by atoms with E-state index in [1.54, 1.807) is 12.1 Å². The van der Waals surface area contributed by atoms with E-state index in [2.05, 4.69) is 29.3 Å². The minimum Gasteiger partial charge on any atom is -0.349 e. The molecule has 1 aliphatic carbocycles. The van der Waals surface area contributed by atoms with Gasteiger partial charge in [-0.3, -0.25) is 9.59 Å². The molecule has 0 saturated carbocycles. The Morgan fingerprint density at radius 3 is 2.78 bits per heavy atom. The third-order valence-electron chi connectivity index (χ3n) is 4.60. The lowest BCUT2D eigenvalue weighted by molar-refractivity contribution is -0.119. The maximum atomic E-state index is 12.5. The second kappa shape index (κ2) is 9.42. The highest BCUT2D eigenvalue weighted by Crippen LogP contribution is 2.30. The first kappa shape index (κ1) is 19.2. The Balaban J connectivity index is 1.61. The number of carbonyl (C=O) groups is 2. The third kappa shape index (κ3) is 5.01. The molecule has 0 bridgehead atoms. The molecule has 4 nitrogen and oxygen atoms in total. The predicted molar refractivity (Wildman–Crippen MR) is 110 cm³/mol. The highest BCUT2D eigenvalue weighted by Gasteiger charge is 2.21. The Bertz CT molecular complexity index is 835. The lowest BCUT2D eigenvalue weighted by atomic mass is 9.88. The monoisotopic (exact) mass is 380 g/mol. The normalized spacial score (nSPS) is 15.5. The van der Waals surface area contributed by atoms with E-state index in [0.717, 1.165) is 24.2 Å². The number of rotatable bonds is 7. The van der Waals surface area contributed by atoms with Crippen LogP contribution in [-0.2, 0) is 11.2 Å². The Labute approximate surface area is 164 Å². The van der Waals surface area contributed by atoms with Gasteiger partial charge in [0.2, 0.25) is 5.91 Å². The summed E-state index contributed by atoms with van der Waals surface area (Å²) in [5.41, 5.74) is 3.14. The lowest BCUT2D eigenvalue weighted by Gasteiger charge is -2.26. The zero-order valence-electron chi connectivity index (χ0n) is 15.2. The minimum atomic E-state index is -0.153. The van der Waals surface area contributed by atoms with Crippen LogP contribution in [0, 0.1) is 0 Å². The van der Waals surface area contributed by atoms with E-state index in [1.807, 2.05) is 30.3 Å². The van der Waals surface area contributed by atoms with E-state index in [1.165, 1.54) is 22.9 Å². The molecule has 3 rings (SSSR count). The van der Waals surface area contributed by atoms with Crippen molar-refractivity contribution in [2.24, 2.45) is 0 Å². The number of hydrogen-bond donors (Lipinski definition) is 2. The van der Waals surface area contributed by atoms with Gasteiger partial charge in [0.25, 0.3) is 5.91 Å². The first-order chi connectivity index (χ1) is 13.2. The number of fused-ring (bicyclic) bond motifs is 1. The Kier molecular flexibility index (Phi) is 6.71. The van der Waals surface area contributed by atoms with Crippen molar-refractivity contribution in [1.82, 2.24) is 10.6 Å². The number of nitrogens with one attached hydrogen (secondary N) is 2. The summed E-state index contributed by atoms with van der Waals surface area (Å²) in [5, 5.41) is 5.94. The van der Waals surface area contributed by atoms with Gasteiger partial charge in [-0.15, -0.1) is 18.3 Å². The molecule has 0 fully saturated rings. The molecule has 0 heterocycles. The van der Waals surface area contributed by atoms with Gasteiger partial charge in [-0.1, -0.05) is 42.5 Å².